The Labute approximate surface area is 177 Å². The van der Waals surface area contributed by atoms with E-state index in [1.807, 2.05) is 12.1 Å². The van der Waals surface area contributed by atoms with Crippen molar-refractivity contribution in [2.24, 2.45) is 5.92 Å². The summed E-state index contributed by atoms with van der Waals surface area (Å²) in [6, 6.07) is 13.3. The molecule has 0 aliphatic carbocycles. The summed E-state index contributed by atoms with van der Waals surface area (Å²) in [6.45, 7) is 4.73. The van der Waals surface area contributed by atoms with Crippen molar-refractivity contribution in [3.05, 3.63) is 82.3 Å². The van der Waals surface area contributed by atoms with Gasteiger partial charge in [-0.05, 0) is 48.4 Å². The molecule has 154 valence electrons. The van der Waals surface area contributed by atoms with Gasteiger partial charge in [0.15, 0.2) is 17.4 Å². The van der Waals surface area contributed by atoms with Crippen molar-refractivity contribution >= 4 is 28.4 Å². The van der Waals surface area contributed by atoms with Gasteiger partial charge in [0.2, 0.25) is 0 Å². The first-order chi connectivity index (χ1) is 14.4. The third-order valence-corrected chi connectivity index (χ3v) is 4.76. The number of halogens is 2. The largest absolute Gasteiger partial charge is 0.493 e. The summed E-state index contributed by atoms with van der Waals surface area (Å²) in [5.74, 6) is 0.908. The fourth-order valence-corrected chi connectivity index (χ4v) is 3.28. The first kappa shape index (κ1) is 20.2. The Morgan fingerprint density at radius 3 is 2.83 bits per heavy atom. The number of H-pyrrole nitrogens is 1. The van der Waals surface area contributed by atoms with Crippen molar-refractivity contribution in [2.45, 2.75) is 20.3 Å². The van der Waals surface area contributed by atoms with Crippen LogP contribution < -0.4 is 4.74 Å². The average Bonchev–Trinajstić information content (AvgIpc) is 3.34. The molecule has 4 aromatic rings. The molecule has 0 aliphatic heterocycles. The van der Waals surface area contributed by atoms with Gasteiger partial charge in [0.25, 0.3) is 5.78 Å². The number of rotatable bonds is 7. The van der Waals surface area contributed by atoms with E-state index in [1.54, 1.807) is 30.3 Å². The molecule has 0 atom stereocenters. The lowest BCUT2D eigenvalue weighted by atomic mass is 10.1. The molecule has 0 aliphatic rings. The molecule has 0 saturated carbocycles. The quantitative estimate of drug-likeness (QED) is 0.379. The summed E-state index contributed by atoms with van der Waals surface area (Å²) in [6.07, 6.45) is 0.413. The van der Waals surface area contributed by atoms with Crippen molar-refractivity contribution in [1.29, 1.82) is 0 Å². The van der Waals surface area contributed by atoms with Gasteiger partial charge in [-0.15, -0.1) is 0 Å². The van der Waals surface area contributed by atoms with Crippen molar-refractivity contribution in [3.8, 4) is 5.75 Å². The van der Waals surface area contributed by atoms with Crippen LogP contribution in [0.4, 0.5) is 4.39 Å². The van der Waals surface area contributed by atoms with Crippen LogP contribution in [-0.2, 0) is 6.42 Å². The molecule has 7 heteroatoms. The molecule has 0 fully saturated rings. The molecule has 0 saturated heterocycles. The smallest absolute Gasteiger partial charge is 0.263 e. The third kappa shape index (κ3) is 4.24. The minimum absolute atomic E-state index is 0.0275. The number of para-hydroxylation sites is 1. The van der Waals surface area contributed by atoms with Gasteiger partial charge < -0.3 is 14.1 Å². The number of carbonyl (C=O) groups excluding carboxylic acids is 1. The Kier molecular flexibility index (Phi) is 5.59. The molecule has 2 heterocycles. The highest BCUT2D eigenvalue weighted by Gasteiger charge is 2.19. The van der Waals surface area contributed by atoms with Crippen LogP contribution in [0.25, 0.3) is 11.0 Å². The van der Waals surface area contributed by atoms with E-state index in [0.717, 1.165) is 11.3 Å². The average molecular weight is 427 g/mol. The zero-order chi connectivity index (χ0) is 21.3. The number of hydrogen-bond donors (Lipinski definition) is 1. The summed E-state index contributed by atoms with van der Waals surface area (Å²) < 4.78 is 25.5. The lowest BCUT2D eigenvalue weighted by Crippen LogP contribution is -2.06. The van der Waals surface area contributed by atoms with Gasteiger partial charge in [-0.2, -0.15) is 0 Å². The fraction of sp³-hybridized carbons (Fsp3) is 0.217. The number of furan rings is 1. The fourth-order valence-electron chi connectivity index (χ4n) is 3.09. The lowest BCUT2D eigenvalue weighted by Gasteiger charge is -2.13. The number of aromatic amines is 1. The Balaban J connectivity index is 1.56. The maximum Gasteiger partial charge on any atom is 0.263 e. The number of nitrogens with zero attached hydrogens (tertiary/aromatic N) is 1. The van der Waals surface area contributed by atoms with Crippen LogP contribution in [0.1, 0.15) is 41.6 Å². The molecule has 4 rings (SSSR count). The van der Waals surface area contributed by atoms with E-state index in [0.29, 0.717) is 35.2 Å². The van der Waals surface area contributed by atoms with Gasteiger partial charge >= 0.3 is 0 Å². The highest BCUT2D eigenvalue weighted by Crippen LogP contribution is 2.27. The molecule has 1 N–H and O–H groups in total. The van der Waals surface area contributed by atoms with E-state index in [1.165, 1.54) is 6.07 Å². The number of benzene rings is 2. The minimum atomic E-state index is -0.488. The zero-order valence-electron chi connectivity index (χ0n) is 16.5. The normalized spacial score (nSPS) is 11.4. The number of ketones is 1. The Morgan fingerprint density at radius 1 is 1.23 bits per heavy atom. The van der Waals surface area contributed by atoms with Crippen LogP contribution in [0, 0.1) is 11.7 Å². The zero-order valence-corrected chi connectivity index (χ0v) is 17.3. The van der Waals surface area contributed by atoms with E-state index in [-0.39, 0.29) is 17.1 Å². The molecular weight excluding hydrogens is 407 g/mol. The summed E-state index contributed by atoms with van der Waals surface area (Å²) >= 11 is 6.15. The molecule has 2 aromatic carbocycles. The number of hydrogen-bond acceptors (Lipinski definition) is 4. The first-order valence-electron chi connectivity index (χ1n) is 9.59. The molecule has 30 heavy (non-hydrogen) atoms. The first-order valence-corrected chi connectivity index (χ1v) is 9.97. The number of aromatic nitrogens is 2. The summed E-state index contributed by atoms with van der Waals surface area (Å²) in [4.78, 5) is 19.6. The Morgan fingerprint density at radius 2 is 2.07 bits per heavy atom. The van der Waals surface area contributed by atoms with Gasteiger partial charge in [0.05, 0.1) is 12.1 Å². The highest BCUT2D eigenvalue weighted by molar-refractivity contribution is 6.30. The summed E-state index contributed by atoms with van der Waals surface area (Å²) in [5, 5.41) is 0.592. The van der Waals surface area contributed by atoms with Crippen LogP contribution in [0.3, 0.4) is 0 Å². The summed E-state index contributed by atoms with van der Waals surface area (Å²) in [5.41, 5.74) is 1.44. The van der Waals surface area contributed by atoms with Crippen LogP contribution in [0.2, 0.25) is 5.02 Å². The molecule has 5 nitrogen and oxygen atoms in total. The van der Waals surface area contributed by atoms with Gasteiger partial charge in [-0.1, -0.05) is 31.5 Å². The van der Waals surface area contributed by atoms with Gasteiger partial charge in [0.1, 0.15) is 17.0 Å². The van der Waals surface area contributed by atoms with Crippen molar-refractivity contribution in [3.63, 3.8) is 0 Å². The second kappa shape index (κ2) is 8.32. The van der Waals surface area contributed by atoms with E-state index >= 15 is 0 Å². The number of fused-ring (bicyclic) bond motifs is 1. The standard InChI is InChI=1S/C23H20ClFN2O3/c1-13(2)12-29-19-8-6-15(24)10-14(19)11-16-7-9-20(30-16)22(28)23-26-18-5-3-4-17(25)21(18)27-23/h3-10,13H,11-12H2,1-2H3,(H,26,27). The number of imidazole rings is 1. The number of nitrogens with one attached hydrogen (secondary N) is 1. The molecule has 0 bridgehead atoms. The third-order valence-electron chi connectivity index (χ3n) is 4.52. The molecule has 0 unspecified atom stereocenters. The Bertz CT molecular complexity index is 1210. The Hall–Kier alpha value is -3.12. The van der Waals surface area contributed by atoms with Gasteiger partial charge in [-0.25, -0.2) is 9.37 Å². The van der Waals surface area contributed by atoms with Gasteiger partial charge in [-0.3, -0.25) is 4.79 Å². The SMILES string of the molecule is CC(C)COc1ccc(Cl)cc1Cc1ccc(C(=O)c2nc3c(F)cccc3[nH]2)o1. The van der Waals surface area contributed by atoms with Crippen LogP contribution >= 0.6 is 11.6 Å². The van der Waals surface area contributed by atoms with Gasteiger partial charge in [0, 0.05) is 17.0 Å². The maximum atomic E-state index is 13.9. The number of carbonyl (C=O) groups is 1. The predicted octanol–water partition coefficient (Wildman–Crippen LogP) is 5.81. The molecular formula is C23H20ClFN2O3. The highest BCUT2D eigenvalue weighted by atomic mass is 35.5. The monoisotopic (exact) mass is 426 g/mol. The molecule has 0 radical (unpaired) electrons. The minimum Gasteiger partial charge on any atom is -0.493 e. The van der Waals surface area contributed by atoms with Crippen molar-refractivity contribution in [2.75, 3.05) is 6.61 Å². The van der Waals surface area contributed by atoms with Crippen LogP contribution in [-0.4, -0.2) is 22.4 Å². The van der Waals surface area contributed by atoms with E-state index < -0.39 is 11.6 Å². The second-order valence-electron chi connectivity index (χ2n) is 7.45. The van der Waals surface area contributed by atoms with E-state index in [9.17, 15) is 9.18 Å². The maximum absolute atomic E-state index is 13.9. The second-order valence-corrected chi connectivity index (χ2v) is 7.89. The van der Waals surface area contributed by atoms with Crippen LogP contribution in [0.5, 0.6) is 5.75 Å². The van der Waals surface area contributed by atoms with Crippen molar-refractivity contribution in [1.82, 2.24) is 9.97 Å². The molecule has 0 spiro atoms. The lowest BCUT2D eigenvalue weighted by molar-refractivity contribution is 0.0999. The predicted molar refractivity (Wildman–Crippen MR) is 113 cm³/mol. The van der Waals surface area contributed by atoms with E-state index in [2.05, 4.69) is 23.8 Å². The number of ether oxygens (including phenoxy) is 1. The molecule has 2 aromatic heterocycles. The van der Waals surface area contributed by atoms with E-state index in [4.69, 9.17) is 20.8 Å². The summed E-state index contributed by atoms with van der Waals surface area (Å²) in [7, 11) is 0. The molecule has 0 amide bonds. The topological polar surface area (TPSA) is 68.1 Å². The van der Waals surface area contributed by atoms with Crippen LogP contribution in [0.15, 0.2) is 52.9 Å². The van der Waals surface area contributed by atoms with Crippen molar-refractivity contribution < 1.29 is 18.3 Å².